The van der Waals surface area contributed by atoms with Crippen LogP contribution in [0.1, 0.15) is 82.8 Å². The smallest absolute Gasteiger partial charge is 0.406 e. The van der Waals surface area contributed by atoms with Crippen LogP contribution >= 0.6 is 11.8 Å². The highest BCUT2D eigenvalue weighted by Gasteiger charge is 2.31. The van der Waals surface area contributed by atoms with E-state index in [9.17, 15) is 18.0 Å². The standard InChI is InChI=1S/C36H40F3N5O2S/c1-24(2)31-10-6-7-11-32(31)44-26(4)21-22-47-35(44)41-33(45)12-8-5-9-25(3)27-13-15-28(16-14-27)34-40-23-43(42-34)29-17-19-30(20-18-29)46-36(37,38)39/h6-7,10-11,13-20,23-26H,5,8-9,12,21-22H2,1-4H3. The molecule has 4 aromatic rings. The van der Waals surface area contributed by atoms with Gasteiger partial charge in [0.05, 0.1) is 5.69 Å². The zero-order valence-electron chi connectivity index (χ0n) is 27.1. The number of para-hydroxylation sites is 1. The summed E-state index contributed by atoms with van der Waals surface area (Å²) in [5.41, 5.74) is 5.00. The quantitative estimate of drug-likeness (QED) is 0.149. The second kappa shape index (κ2) is 15.2. The molecule has 1 aliphatic heterocycles. The first-order valence-corrected chi connectivity index (χ1v) is 17.0. The molecule has 3 aromatic carbocycles. The lowest BCUT2D eigenvalue weighted by atomic mass is 9.94. The molecule has 1 amide bonds. The second-order valence-corrected chi connectivity index (χ2v) is 13.2. The Labute approximate surface area is 278 Å². The van der Waals surface area contributed by atoms with Crippen molar-refractivity contribution < 1.29 is 22.7 Å². The molecule has 0 spiro atoms. The summed E-state index contributed by atoms with van der Waals surface area (Å²) >= 11 is 1.67. The van der Waals surface area contributed by atoms with Crippen molar-refractivity contribution in [2.75, 3.05) is 10.7 Å². The van der Waals surface area contributed by atoms with Crippen molar-refractivity contribution in [1.29, 1.82) is 0 Å². The normalized spacial score (nSPS) is 16.9. The summed E-state index contributed by atoms with van der Waals surface area (Å²) in [7, 11) is 0. The molecular weight excluding hydrogens is 623 g/mol. The highest BCUT2D eigenvalue weighted by Crippen LogP contribution is 2.35. The monoisotopic (exact) mass is 663 g/mol. The molecule has 11 heteroatoms. The minimum absolute atomic E-state index is 0.0665. The number of thioether (sulfide) groups is 1. The maximum Gasteiger partial charge on any atom is 0.573 e. The fraction of sp³-hybridized carbons (Fsp3) is 0.389. The van der Waals surface area contributed by atoms with Gasteiger partial charge < -0.3 is 9.64 Å². The highest BCUT2D eigenvalue weighted by molar-refractivity contribution is 8.14. The first-order valence-electron chi connectivity index (χ1n) is 16.0. The van der Waals surface area contributed by atoms with E-state index in [1.54, 1.807) is 11.8 Å². The van der Waals surface area contributed by atoms with Gasteiger partial charge in [0.1, 0.15) is 12.1 Å². The number of carbonyl (C=O) groups is 1. The van der Waals surface area contributed by atoms with Crippen LogP contribution in [0, 0.1) is 0 Å². The fourth-order valence-corrected chi connectivity index (χ4v) is 6.89. The number of unbranched alkanes of at least 4 members (excludes halogenated alkanes) is 1. The lowest BCUT2D eigenvalue weighted by Gasteiger charge is -2.37. The zero-order valence-corrected chi connectivity index (χ0v) is 27.9. The third kappa shape index (κ3) is 9.03. The molecule has 2 atom stereocenters. The van der Waals surface area contributed by atoms with E-state index in [-0.39, 0.29) is 17.7 Å². The summed E-state index contributed by atoms with van der Waals surface area (Å²) in [5, 5.41) is 5.29. The number of amides is 1. The SMILES string of the molecule is CC(C)c1ccccc1N1C(=NC(=O)CCCCC(C)c2ccc(-c3ncn(-c4ccc(OC(F)(F)F)cc4)n3)cc2)SCCC1C. The van der Waals surface area contributed by atoms with Gasteiger partial charge in [0.2, 0.25) is 5.91 Å². The van der Waals surface area contributed by atoms with Crippen molar-refractivity contribution in [3.8, 4) is 22.8 Å². The van der Waals surface area contributed by atoms with Crippen LogP contribution in [0.2, 0.25) is 0 Å². The van der Waals surface area contributed by atoms with Gasteiger partial charge in [-0.05, 0) is 79.5 Å². The number of hydrogen-bond acceptors (Lipinski definition) is 5. The third-order valence-corrected chi connectivity index (χ3v) is 9.28. The summed E-state index contributed by atoms with van der Waals surface area (Å²) in [5.74, 6) is 1.79. The summed E-state index contributed by atoms with van der Waals surface area (Å²) in [6.45, 7) is 8.77. The number of halogens is 3. The molecule has 5 rings (SSSR count). The summed E-state index contributed by atoms with van der Waals surface area (Å²) in [6, 6.07) is 22.2. The van der Waals surface area contributed by atoms with E-state index in [0.29, 0.717) is 29.8 Å². The van der Waals surface area contributed by atoms with E-state index in [1.807, 2.05) is 12.1 Å². The van der Waals surface area contributed by atoms with Gasteiger partial charge in [-0.3, -0.25) is 4.79 Å². The van der Waals surface area contributed by atoms with Crippen LogP contribution in [0.3, 0.4) is 0 Å². The van der Waals surface area contributed by atoms with E-state index in [2.05, 4.69) is 88.8 Å². The molecule has 0 radical (unpaired) electrons. The van der Waals surface area contributed by atoms with Crippen LogP contribution in [0.5, 0.6) is 5.75 Å². The summed E-state index contributed by atoms with van der Waals surface area (Å²) in [4.78, 5) is 24.2. The van der Waals surface area contributed by atoms with Crippen LogP contribution < -0.4 is 9.64 Å². The molecule has 2 heterocycles. The number of anilines is 1. The zero-order chi connectivity index (χ0) is 33.6. The minimum Gasteiger partial charge on any atom is -0.406 e. The van der Waals surface area contributed by atoms with Crippen LogP contribution in [0.25, 0.3) is 17.1 Å². The second-order valence-electron chi connectivity index (χ2n) is 12.2. The lowest BCUT2D eigenvalue weighted by molar-refractivity contribution is -0.274. The Morgan fingerprint density at radius 2 is 1.74 bits per heavy atom. The average molecular weight is 664 g/mol. The van der Waals surface area contributed by atoms with Gasteiger partial charge in [-0.2, -0.15) is 4.99 Å². The maximum atomic E-state index is 13.0. The van der Waals surface area contributed by atoms with Crippen LogP contribution in [-0.4, -0.2) is 44.0 Å². The van der Waals surface area contributed by atoms with Crippen molar-refractivity contribution in [3.05, 3.63) is 90.3 Å². The molecule has 0 bridgehead atoms. The largest absolute Gasteiger partial charge is 0.573 e. The van der Waals surface area contributed by atoms with E-state index < -0.39 is 6.36 Å². The molecule has 1 fully saturated rings. The number of hydrogen-bond donors (Lipinski definition) is 0. The van der Waals surface area contributed by atoms with Crippen molar-refractivity contribution in [2.24, 2.45) is 4.99 Å². The number of rotatable bonds is 11. The Hall–Kier alpha value is -4.12. The molecule has 7 nitrogen and oxygen atoms in total. The number of carbonyl (C=O) groups excluding carboxylic acids is 1. The number of benzene rings is 3. The topological polar surface area (TPSA) is 72.6 Å². The molecule has 2 unspecified atom stereocenters. The number of aliphatic imine (C=N–C) groups is 1. The van der Waals surface area contributed by atoms with Crippen molar-refractivity contribution in [2.45, 2.75) is 84.0 Å². The molecule has 1 saturated heterocycles. The van der Waals surface area contributed by atoms with E-state index in [4.69, 9.17) is 0 Å². The Kier molecular flexibility index (Phi) is 11.1. The predicted molar refractivity (Wildman–Crippen MR) is 182 cm³/mol. The van der Waals surface area contributed by atoms with Gasteiger partial charge in [-0.25, -0.2) is 9.67 Å². The summed E-state index contributed by atoms with van der Waals surface area (Å²) < 4.78 is 42.7. The Balaban J connectivity index is 1.12. The lowest BCUT2D eigenvalue weighted by Crippen LogP contribution is -2.42. The Morgan fingerprint density at radius 3 is 2.45 bits per heavy atom. The number of alkyl halides is 3. The van der Waals surface area contributed by atoms with E-state index in [0.717, 1.165) is 47.9 Å². The van der Waals surface area contributed by atoms with Crippen LogP contribution in [-0.2, 0) is 4.79 Å². The Morgan fingerprint density at radius 1 is 1.02 bits per heavy atom. The minimum atomic E-state index is -4.74. The number of nitrogens with zero attached hydrogens (tertiary/aromatic N) is 5. The fourth-order valence-electron chi connectivity index (χ4n) is 5.67. The maximum absolute atomic E-state index is 13.0. The highest BCUT2D eigenvalue weighted by atomic mass is 32.2. The van der Waals surface area contributed by atoms with E-state index >= 15 is 0 Å². The molecule has 1 aliphatic rings. The molecular formula is C36H40F3N5O2S. The number of aromatic nitrogens is 3. The van der Waals surface area contributed by atoms with Gasteiger partial charge in [-0.15, -0.1) is 18.3 Å². The first kappa shape index (κ1) is 34.2. The molecule has 0 aliphatic carbocycles. The van der Waals surface area contributed by atoms with Crippen LogP contribution in [0.15, 0.2) is 84.1 Å². The first-order chi connectivity index (χ1) is 22.5. The molecule has 0 N–H and O–H groups in total. The van der Waals surface area contributed by atoms with Gasteiger partial charge in [0.15, 0.2) is 11.0 Å². The van der Waals surface area contributed by atoms with Crippen molar-refractivity contribution >= 4 is 28.5 Å². The number of ether oxygens (including phenoxy) is 1. The average Bonchev–Trinajstić information content (AvgIpc) is 3.53. The number of amidine groups is 1. The molecule has 248 valence electrons. The molecule has 1 aromatic heterocycles. The van der Waals surface area contributed by atoms with Gasteiger partial charge in [0, 0.05) is 29.5 Å². The predicted octanol–water partition coefficient (Wildman–Crippen LogP) is 9.53. The van der Waals surface area contributed by atoms with Gasteiger partial charge in [0.25, 0.3) is 0 Å². The van der Waals surface area contributed by atoms with Crippen molar-refractivity contribution in [1.82, 2.24) is 14.8 Å². The van der Waals surface area contributed by atoms with E-state index in [1.165, 1.54) is 46.4 Å². The Bertz CT molecular complexity index is 1670. The van der Waals surface area contributed by atoms with Crippen LogP contribution in [0.4, 0.5) is 18.9 Å². The van der Waals surface area contributed by atoms with Crippen molar-refractivity contribution in [3.63, 3.8) is 0 Å². The van der Waals surface area contributed by atoms with Gasteiger partial charge in [-0.1, -0.05) is 81.4 Å². The third-order valence-electron chi connectivity index (χ3n) is 8.29. The molecule has 0 saturated carbocycles. The summed E-state index contributed by atoms with van der Waals surface area (Å²) in [6.07, 6.45) is 0.904. The molecule has 47 heavy (non-hydrogen) atoms. The van der Waals surface area contributed by atoms with Gasteiger partial charge >= 0.3 is 6.36 Å².